The topological polar surface area (TPSA) is 40.1 Å². The molecule has 0 spiro atoms. The van der Waals surface area contributed by atoms with Crippen molar-refractivity contribution in [3.63, 3.8) is 0 Å². The Morgan fingerprint density at radius 1 is 1.29 bits per heavy atom. The van der Waals surface area contributed by atoms with Crippen molar-refractivity contribution in [3.8, 4) is 10.0 Å². The van der Waals surface area contributed by atoms with Gasteiger partial charge in [0.05, 0.1) is 0 Å². The summed E-state index contributed by atoms with van der Waals surface area (Å²) in [6.45, 7) is 0. The van der Waals surface area contributed by atoms with Crippen LogP contribution in [0, 0.1) is 0 Å². The number of hydrogen-bond acceptors (Lipinski definition) is 2. The second-order valence-electron chi connectivity index (χ2n) is 2.55. The van der Waals surface area contributed by atoms with Crippen LogP contribution in [0.4, 0.5) is 0 Å². The van der Waals surface area contributed by atoms with Crippen LogP contribution in [0.1, 0.15) is 0 Å². The van der Waals surface area contributed by atoms with Gasteiger partial charge < -0.3 is 0 Å². The zero-order valence-corrected chi connectivity index (χ0v) is 12.1. The van der Waals surface area contributed by atoms with E-state index in [2.05, 4.69) is 4.94 Å². The third-order valence-electron chi connectivity index (χ3n) is 1.65. The molecular formula is C9H6O2Se3. The van der Waals surface area contributed by atoms with Crippen LogP contribution in [0.5, 0.6) is 0 Å². The van der Waals surface area contributed by atoms with Gasteiger partial charge in [0.15, 0.2) is 0 Å². The molecule has 1 aromatic carbocycles. The fourth-order valence-electron chi connectivity index (χ4n) is 1.04. The zero-order chi connectivity index (χ0) is 9.97. The van der Waals surface area contributed by atoms with Crippen LogP contribution >= 0.6 is 0 Å². The van der Waals surface area contributed by atoms with Crippen LogP contribution in [-0.2, 0) is 3.83 Å². The van der Waals surface area contributed by atoms with Crippen molar-refractivity contribution in [3.05, 3.63) is 35.3 Å². The van der Waals surface area contributed by atoms with Crippen molar-refractivity contribution in [2.24, 2.45) is 0 Å². The molecule has 2 nitrogen and oxygen atoms in total. The molecule has 0 saturated carbocycles. The van der Waals surface area contributed by atoms with Gasteiger partial charge in [0, 0.05) is 0 Å². The second kappa shape index (κ2) is 4.78. The van der Waals surface area contributed by atoms with E-state index >= 15 is 0 Å². The average Bonchev–Trinajstić information content (AvgIpc) is 2.68. The molecule has 0 fully saturated rings. The van der Waals surface area contributed by atoms with Gasteiger partial charge in [0.1, 0.15) is 0 Å². The van der Waals surface area contributed by atoms with Gasteiger partial charge in [0.25, 0.3) is 0 Å². The van der Waals surface area contributed by atoms with Gasteiger partial charge >= 0.3 is 98.7 Å². The number of benzene rings is 1. The van der Waals surface area contributed by atoms with Crippen molar-refractivity contribution in [2.75, 3.05) is 0 Å². The molecule has 0 aliphatic heterocycles. The van der Waals surface area contributed by atoms with Gasteiger partial charge in [-0.25, -0.2) is 0 Å². The van der Waals surface area contributed by atoms with E-state index in [9.17, 15) is 8.02 Å². The predicted octanol–water partition coefficient (Wildman–Crippen LogP) is -0.765. The summed E-state index contributed by atoms with van der Waals surface area (Å²) in [6.07, 6.45) is 0. The second-order valence-corrected chi connectivity index (χ2v) is 12.4. The van der Waals surface area contributed by atoms with Crippen molar-refractivity contribution in [1.82, 2.24) is 0 Å². The van der Waals surface area contributed by atoms with E-state index in [0.717, 1.165) is 2.21 Å². The SMILES string of the molecule is O=[Se]([O-])c1[se]c(-c2ccccc2)c[se+]1. The molecule has 14 heavy (non-hydrogen) atoms. The zero-order valence-electron chi connectivity index (χ0n) is 7.01. The Morgan fingerprint density at radius 3 is 2.57 bits per heavy atom. The first kappa shape index (κ1) is 10.7. The first-order valence-electron chi connectivity index (χ1n) is 3.83. The molecule has 1 heterocycles. The molecule has 2 rings (SSSR count). The fourth-order valence-corrected chi connectivity index (χ4v) is 9.35. The van der Waals surface area contributed by atoms with Crippen molar-refractivity contribution < 1.29 is 8.02 Å². The molecule has 72 valence electrons. The van der Waals surface area contributed by atoms with Crippen LogP contribution in [-0.4, -0.2) is 43.2 Å². The molecular weight excluding hydrogens is 377 g/mol. The van der Waals surface area contributed by atoms with E-state index in [-0.39, 0.29) is 29.0 Å². The third-order valence-corrected chi connectivity index (χ3v) is 12.6. The van der Waals surface area contributed by atoms with Crippen molar-refractivity contribution in [2.45, 2.75) is 0 Å². The van der Waals surface area contributed by atoms with Gasteiger partial charge in [-0.3, -0.25) is 0 Å². The van der Waals surface area contributed by atoms with Crippen LogP contribution in [0.3, 0.4) is 0 Å². The first-order valence-corrected chi connectivity index (χ1v) is 9.65. The summed E-state index contributed by atoms with van der Waals surface area (Å²) in [5.74, 6) is 0. The number of hydrogen-bond donors (Lipinski definition) is 0. The molecule has 0 radical (unpaired) electrons. The van der Waals surface area contributed by atoms with Gasteiger partial charge in [-0.05, 0) is 0 Å². The summed E-state index contributed by atoms with van der Waals surface area (Å²) >= 11 is -2.68. The number of rotatable bonds is 2. The van der Waals surface area contributed by atoms with Crippen LogP contribution < -0.4 is 6.40 Å². The van der Waals surface area contributed by atoms with Gasteiger partial charge in [-0.15, -0.1) is 0 Å². The van der Waals surface area contributed by atoms with E-state index in [1.54, 1.807) is 0 Å². The normalized spacial score (nSPS) is 12.6. The summed E-state index contributed by atoms with van der Waals surface area (Å²) in [7, 11) is 0. The molecule has 0 aliphatic carbocycles. The van der Waals surface area contributed by atoms with Crippen molar-refractivity contribution >= 4 is 45.4 Å². The molecule has 0 amide bonds. The van der Waals surface area contributed by atoms with E-state index in [1.165, 1.54) is 10.0 Å². The molecule has 1 atom stereocenters. The van der Waals surface area contributed by atoms with Gasteiger partial charge in [-0.2, -0.15) is 0 Å². The maximum absolute atomic E-state index is 10.8. The van der Waals surface area contributed by atoms with Crippen molar-refractivity contribution in [1.29, 1.82) is 0 Å². The van der Waals surface area contributed by atoms with E-state index in [4.69, 9.17) is 0 Å². The van der Waals surface area contributed by atoms with Crippen LogP contribution in [0.25, 0.3) is 10.0 Å². The Labute approximate surface area is 98.1 Å². The summed E-state index contributed by atoms with van der Waals surface area (Å²) < 4.78 is 23.7. The van der Waals surface area contributed by atoms with Gasteiger partial charge in [-0.1, -0.05) is 0 Å². The Kier molecular flexibility index (Phi) is 3.64. The summed E-state index contributed by atoms with van der Waals surface area (Å²) in [5, 5.41) is 0. The van der Waals surface area contributed by atoms with E-state index in [1.807, 2.05) is 30.3 Å². The summed E-state index contributed by atoms with van der Waals surface area (Å²) in [6, 6.07) is 10.0. The molecule has 0 saturated heterocycles. The molecule has 5 heteroatoms. The molecule has 1 aromatic heterocycles. The quantitative estimate of drug-likeness (QED) is 0.640. The molecule has 1 unspecified atom stereocenters. The molecule has 0 aliphatic rings. The minimum absolute atomic E-state index is 0.0650. The van der Waals surface area contributed by atoms with E-state index < -0.39 is 14.2 Å². The Balaban J connectivity index is 2.39. The van der Waals surface area contributed by atoms with Gasteiger partial charge in [0.2, 0.25) is 0 Å². The van der Waals surface area contributed by atoms with E-state index in [0.29, 0.717) is 0 Å². The summed E-state index contributed by atoms with van der Waals surface area (Å²) in [4.78, 5) is 2.10. The standard InChI is InChI=1S/C9H6O2Se3/c10-14(11)9-12-6-8(13-9)7-4-2-1-3-5-7/h1-6H. The molecule has 2 aromatic rings. The third kappa shape index (κ3) is 2.39. The monoisotopic (exact) mass is 386 g/mol. The fraction of sp³-hybridized carbons (Fsp3) is 0. The predicted molar refractivity (Wildman–Crippen MR) is 56.2 cm³/mol. The summed E-state index contributed by atoms with van der Waals surface area (Å²) in [5.41, 5.74) is 1.18. The average molecular weight is 383 g/mol. The maximum atomic E-state index is 10.8. The Bertz CT molecular complexity index is 450. The molecule has 0 N–H and O–H groups in total. The first-order chi connectivity index (χ1) is 6.77. The Morgan fingerprint density at radius 2 is 2.00 bits per heavy atom. The Hall–Kier alpha value is 0.148. The molecule has 0 bridgehead atoms. The van der Waals surface area contributed by atoms with Crippen LogP contribution in [0.2, 0.25) is 0 Å². The minimum atomic E-state index is -2.84. The van der Waals surface area contributed by atoms with Crippen LogP contribution in [0.15, 0.2) is 35.3 Å².